The summed E-state index contributed by atoms with van der Waals surface area (Å²) in [6.07, 6.45) is 1.70. The maximum Gasteiger partial charge on any atom is 0.156 e. The molecule has 0 amide bonds. The quantitative estimate of drug-likeness (QED) is 0.724. The minimum atomic E-state index is -0.0957. The molecule has 2 rings (SSSR count). The van der Waals surface area contributed by atoms with Crippen molar-refractivity contribution in [1.82, 2.24) is 14.9 Å². The van der Waals surface area contributed by atoms with Crippen LogP contribution in [0.3, 0.4) is 0 Å². The Kier molecular flexibility index (Phi) is 3.13. The highest BCUT2D eigenvalue weighted by molar-refractivity contribution is 5.37. The lowest BCUT2D eigenvalue weighted by molar-refractivity contribution is 0.271. The Balaban J connectivity index is 2.08. The smallest absolute Gasteiger partial charge is 0.156 e. The van der Waals surface area contributed by atoms with Gasteiger partial charge in [-0.15, -0.1) is 0 Å². The van der Waals surface area contributed by atoms with E-state index in [1.807, 2.05) is 6.07 Å². The lowest BCUT2D eigenvalue weighted by Gasteiger charge is -2.33. The zero-order valence-electron chi connectivity index (χ0n) is 8.93. The van der Waals surface area contributed by atoms with E-state index in [9.17, 15) is 0 Å². The van der Waals surface area contributed by atoms with Crippen molar-refractivity contribution in [2.75, 3.05) is 38.1 Å². The summed E-state index contributed by atoms with van der Waals surface area (Å²) in [6, 6.07) is 1.89. The van der Waals surface area contributed by atoms with Crippen LogP contribution in [-0.2, 0) is 6.61 Å². The van der Waals surface area contributed by atoms with Crippen LogP contribution in [0, 0.1) is 0 Å². The number of hydrogen-bond acceptors (Lipinski definition) is 5. The molecule has 5 nitrogen and oxygen atoms in total. The highest BCUT2D eigenvalue weighted by Gasteiger charge is 2.15. The molecule has 0 unspecified atom stereocenters. The second kappa shape index (κ2) is 4.55. The second-order valence-corrected chi connectivity index (χ2v) is 3.78. The first-order valence-electron chi connectivity index (χ1n) is 5.16. The third-order valence-electron chi connectivity index (χ3n) is 2.66. The minimum absolute atomic E-state index is 0.0957. The summed E-state index contributed by atoms with van der Waals surface area (Å²) in [5, 5.41) is 8.95. The second-order valence-electron chi connectivity index (χ2n) is 3.78. The van der Waals surface area contributed by atoms with Gasteiger partial charge in [-0.3, -0.25) is 0 Å². The number of piperazine rings is 1. The molecule has 1 aliphatic rings. The fourth-order valence-electron chi connectivity index (χ4n) is 1.68. The van der Waals surface area contributed by atoms with E-state index in [2.05, 4.69) is 26.8 Å². The summed E-state index contributed by atoms with van der Waals surface area (Å²) >= 11 is 0. The molecule has 1 aliphatic heterocycles. The maximum absolute atomic E-state index is 8.95. The Morgan fingerprint density at radius 3 is 2.73 bits per heavy atom. The van der Waals surface area contributed by atoms with Crippen molar-refractivity contribution in [2.45, 2.75) is 6.61 Å². The Labute approximate surface area is 89.4 Å². The molecule has 5 heteroatoms. The molecule has 1 aromatic rings. The number of rotatable bonds is 2. The molecule has 0 saturated carbocycles. The SMILES string of the molecule is CN1CCN(c2ccnc(CO)n2)CC1. The van der Waals surface area contributed by atoms with Crippen molar-refractivity contribution in [3.63, 3.8) is 0 Å². The van der Waals surface area contributed by atoms with E-state index in [1.54, 1.807) is 6.20 Å². The van der Waals surface area contributed by atoms with Gasteiger partial charge in [0, 0.05) is 32.4 Å². The van der Waals surface area contributed by atoms with Gasteiger partial charge < -0.3 is 14.9 Å². The van der Waals surface area contributed by atoms with Gasteiger partial charge in [-0.05, 0) is 13.1 Å². The van der Waals surface area contributed by atoms with Crippen molar-refractivity contribution in [2.24, 2.45) is 0 Å². The number of aliphatic hydroxyl groups is 1. The monoisotopic (exact) mass is 208 g/mol. The highest BCUT2D eigenvalue weighted by Crippen LogP contribution is 2.12. The van der Waals surface area contributed by atoms with Crippen molar-refractivity contribution in [1.29, 1.82) is 0 Å². The predicted octanol–water partition coefficient (Wildman–Crippen LogP) is -0.279. The van der Waals surface area contributed by atoms with Crippen LogP contribution in [0.5, 0.6) is 0 Å². The summed E-state index contributed by atoms with van der Waals surface area (Å²) in [5.41, 5.74) is 0. The van der Waals surface area contributed by atoms with Crippen LogP contribution in [0.2, 0.25) is 0 Å². The van der Waals surface area contributed by atoms with Gasteiger partial charge in [-0.25, -0.2) is 9.97 Å². The van der Waals surface area contributed by atoms with Crippen LogP contribution in [0.4, 0.5) is 5.82 Å². The van der Waals surface area contributed by atoms with Gasteiger partial charge >= 0.3 is 0 Å². The van der Waals surface area contributed by atoms with Gasteiger partial charge in [0.1, 0.15) is 12.4 Å². The molecule has 1 N–H and O–H groups in total. The van der Waals surface area contributed by atoms with Gasteiger partial charge in [0.25, 0.3) is 0 Å². The number of aromatic nitrogens is 2. The van der Waals surface area contributed by atoms with E-state index in [0.29, 0.717) is 5.82 Å². The molecule has 1 aromatic heterocycles. The van der Waals surface area contributed by atoms with Crippen LogP contribution >= 0.6 is 0 Å². The predicted molar refractivity (Wildman–Crippen MR) is 57.7 cm³/mol. The first kappa shape index (κ1) is 10.3. The van der Waals surface area contributed by atoms with Crippen LogP contribution in [0.25, 0.3) is 0 Å². The standard InChI is InChI=1S/C10H16N4O/c1-13-4-6-14(7-5-13)10-2-3-11-9(8-15)12-10/h2-3,15H,4-8H2,1H3. The van der Waals surface area contributed by atoms with Gasteiger partial charge in [0.05, 0.1) is 0 Å². The van der Waals surface area contributed by atoms with E-state index in [4.69, 9.17) is 5.11 Å². The number of nitrogens with zero attached hydrogens (tertiary/aromatic N) is 4. The molecular weight excluding hydrogens is 192 g/mol. The summed E-state index contributed by atoms with van der Waals surface area (Å²) in [6.45, 7) is 3.98. The molecule has 2 heterocycles. The van der Waals surface area contributed by atoms with E-state index in [0.717, 1.165) is 32.0 Å². The number of anilines is 1. The molecule has 0 spiro atoms. The largest absolute Gasteiger partial charge is 0.388 e. The summed E-state index contributed by atoms with van der Waals surface area (Å²) < 4.78 is 0. The van der Waals surface area contributed by atoms with Crippen molar-refractivity contribution < 1.29 is 5.11 Å². The number of likely N-dealkylation sites (N-methyl/N-ethyl adjacent to an activating group) is 1. The number of aliphatic hydroxyl groups excluding tert-OH is 1. The van der Waals surface area contributed by atoms with Crippen LogP contribution in [0.1, 0.15) is 5.82 Å². The van der Waals surface area contributed by atoms with Crippen molar-refractivity contribution in [3.8, 4) is 0 Å². The summed E-state index contributed by atoms with van der Waals surface area (Å²) in [5.74, 6) is 1.41. The molecule has 0 atom stereocenters. The Morgan fingerprint density at radius 1 is 1.33 bits per heavy atom. The summed E-state index contributed by atoms with van der Waals surface area (Å²) in [7, 11) is 2.12. The van der Waals surface area contributed by atoms with Crippen LogP contribution in [-0.4, -0.2) is 53.2 Å². The lowest BCUT2D eigenvalue weighted by atomic mass is 10.3. The fraction of sp³-hybridized carbons (Fsp3) is 0.600. The molecule has 1 saturated heterocycles. The van der Waals surface area contributed by atoms with Gasteiger partial charge in [0.2, 0.25) is 0 Å². The molecule has 0 radical (unpaired) electrons. The average Bonchev–Trinajstić information content (AvgIpc) is 2.30. The minimum Gasteiger partial charge on any atom is -0.388 e. The first-order valence-corrected chi connectivity index (χ1v) is 5.16. The Hall–Kier alpha value is -1.20. The zero-order valence-corrected chi connectivity index (χ0v) is 8.93. The first-order chi connectivity index (χ1) is 7.29. The van der Waals surface area contributed by atoms with Gasteiger partial charge in [-0.2, -0.15) is 0 Å². The van der Waals surface area contributed by atoms with Crippen LogP contribution < -0.4 is 4.90 Å². The lowest BCUT2D eigenvalue weighted by Crippen LogP contribution is -2.44. The third kappa shape index (κ3) is 2.43. The number of hydrogen-bond donors (Lipinski definition) is 1. The molecule has 0 aliphatic carbocycles. The van der Waals surface area contributed by atoms with Crippen molar-refractivity contribution >= 4 is 5.82 Å². The molecule has 0 bridgehead atoms. The zero-order chi connectivity index (χ0) is 10.7. The third-order valence-corrected chi connectivity index (χ3v) is 2.66. The molecule has 15 heavy (non-hydrogen) atoms. The molecule has 1 fully saturated rings. The van der Waals surface area contributed by atoms with E-state index >= 15 is 0 Å². The van der Waals surface area contributed by atoms with Gasteiger partial charge in [0.15, 0.2) is 5.82 Å². The Bertz CT molecular complexity index is 323. The molecular formula is C10H16N4O. The van der Waals surface area contributed by atoms with E-state index in [1.165, 1.54) is 0 Å². The average molecular weight is 208 g/mol. The van der Waals surface area contributed by atoms with Gasteiger partial charge in [-0.1, -0.05) is 0 Å². The molecule has 0 aromatic carbocycles. The Morgan fingerprint density at radius 2 is 2.07 bits per heavy atom. The summed E-state index contributed by atoms with van der Waals surface area (Å²) in [4.78, 5) is 12.8. The highest BCUT2D eigenvalue weighted by atomic mass is 16.3. The molecule has 82 valence electrons. The van der Waals surface area contributed by atoms with Crippen LogP contribution in [0.15, 0.2) is 12.3 Å². The maximum atomic E-state index is 8.95. The fourth-order valence-corrected chi connectivity index (χ4v) is 1.68. The van der Waals surface area contributed by atoms with Crippen molar-refractivity contribution in [3.05, 3.63) is 18.1 Å². The normalized spacial score (nSPS) is 18.1. The van der Waals surface area contributed by atoms with E-state index < -0.39 is 0 Å². The topological polar surface area (TPSA) is 52.5 Å². The van der Waals surface area contributed by atoms with E-state index in [-0.39, 0.29) is 6.61 Å².